The van der Waals surface area contributed by atoms with E-state index in [1.807, 2.05) is 7.11 Å². The standard InChI is InChI=1S/C21H44N2O/c1-6-7-8-9-10-11-13-20(21(2,3)24-5)14-12-15-23-18-16-22(4)17-19-23/h20H,6-19H2,1-5H3. The van der Waals surface area contributed by atoms with Crippen LogP contribution in [0.5, 0.6) is 0 Å². The molecule has 3 heteroatoms. The normalized spacial score (nSPS) is 18.9. The number of unbranched alkanes of at least 4 members (excludes halogenated alkanes) is 5. The first kappa shape index (κ1) is 21.9. The maximum Gasteiger partial charge on any atom is 0.0650 e. The van der Waals surface area contributed by atoms with Gasteiger partial charge < -0.3 is 14.5 Å². The Labute approximate surface area is 152 Å². The van der Waals surface area contributed by atoms with Gasteiger partial charge in [0.15, 0.2) is 0 Å². The molecule has 1 heterocycles. The van der Waals surface area contributed by atoms with Crippen molar-refractivity contribution in [2.24, 2.45) is 5.92 Å². The zero-order valence-electron chi connectivity index (χ0n) is 17.3. The summed E-state index contributed by atoms with van der Waals surface area (Å²) in [6.07, 6.45) is 12.3. The molecule has 1 atom stereocenters. The van der Waals surface area contributed by atoms with Gasteiger partial charge in [0.05, 0.1) is 5.60 Å². The van der Waals surface area contributed by atoms with Gasteiger partial charge in [0, 0.05) is 33.3 Å². The molecule has 24 heavy (non-hydrogen) atoms. The lowest BCUT2D eigenvalue weighted by Gasteiger charge is -2.35. The highest BCUT2D eigenvalue weighted by atomic mass is 16.5. The highest BCUT2D eigenvalue weighted by molar-refractivity contribution is 4.80. The Balaban J connectivity index is 2.26. The third-order valence-corrected chi connectivity index (χ3v) is 6.04. The van der Waals surface area contributed by atoms with Gasteiger partial charge >= 0.3 is 0 Å². The van der Waals surface area contributed by atoms with Crippen molar-refractivity contribution in [1.29, 1.82) is 0 Å². The summed E-state index contributed by atoms with van der Waals surface area (Å²) in [6, 6.07) is 0. The van der Waals surface area contributed by atoms with E-state index in [0.717, 1.165) is 0 Å². The molecule has 0 aromatic carbocycles. The molecule has 0 N–H and O–H groups in total. The molecule has 0 spiro atoms. The van der Waals surface area contributed by atoms with Crippen molar-refractivity contribution >= 4 is 0 Å². The second-order valence-electron chi connectivity index (χ2n) is 8.35. The van der Waals surface area contributed by atoms with Gasteiger partial charge in [-0.3, -0.25) is 0 Å². The van der Waals surface area contributed by atoms with Crippen LogP contribution >= 0.6 is 0 Å². The molecule has 0 aromatic rings. The van der Waals surface area contributed by atoms with Crippen LogP contribution in [0.15, 0.2) is 0 Å². The minimum absolute atomic E-state index is 0.0194. The van der Waals surface area contributed by atoms with Gasteiger partial charge in [-0.05, 0) is 52.6 Å². The molecule has 0 radical (unpaired) electrons. The van der Waals surface area contributed by atoms with Crippen LogP contribution in [-0.2, 0) is 4.74 Å². The van der Waals surface area contributed by atoms with Gasteiger partial charge in [0.1, 0.15) is 0 Å². The average molecular weight is 341 g/mol. The van der Waals surface area contributed by atoms with Crippen molar-refractivity contribution < 1.29 is 4.74 Å². The fourth-order valence-electron chi connectivity index (χ4n) is 3.81. The zero-order valence-corrected chi connectivity index (χ0v) is 17.3. The van der Waals surface area contributed by atoms with E-state index in [2.05, 4.69) is 37.6 Å². The number of nitrogens with zero attached hydrogens (tertiary/aromatic N) is 2. The van der Waals surface area contributed by atoms with Crippen LogP contribution in [0, 0.1) is 5.92 Å². The molecule has 1 saturated heterocycles. The molecular weight excluding hydrogens is 296 g/mol. The number of hydrogen-bond donors (Lipinski definition) is 0. The smallest absolute Gasteiger partial charge is 0.0650 e. The molecule has 1 unspecified atom stereocenters. The molecule has 0 aromatic heterocycles. The molecule has 144 valence electrons. The lowest BCUT2D eigenvalue weighted by atomic mass is 9.82. The fraction of sp³-hybridized carbons (Fsp3) is 1.00. The molecule has 1 aliphatic heterocycles. The molecule has 0 saturated carbocycles. The second-order valence-corrected chi connectivity index (χ2v) is 8.35. The van der Waals surface area contributed by atoms with E-state index in [0.29, 0.717) is 5.92 Å². The molecule has 1 rings (SSSR count). The molecule has 3 nitrogen and oxygen atoms in total. The molecule has 0 aliphatic carbocycles. The summed E-state index contributed by atoms with van der Waals surface area (Å²) in [4.78, 5) is 5.08. The predicted octanol–water partition coefficient (Wildman–Crippen LogP) is 4.81. The van der Waals surface area contributed by atoms with E-state index in [1.165, 1.54) is 90.5 Å². The van der Waals surface area contributed by atoms with Crippen molar-refractivity contribution in [2.45, 2.75) is 84.2 Å². The Bertz CT molecular complexity index is 298. The number of hydrogen-bond acceptors (Lipinski definition) is 3. The summed E-state index contributed by atoms with van der Waals surface area (Å²) in [5.74, 6) is 0.695. The SMILES string of the molecule is CCCCCCCCC(CCCN1CCN(C)CC1)C(C)(C)OC. The molecule has 1 fully saturated rings. The molecule has 0 bridgehead atoms. The van der Waals surface area contributed by atoms with Gasteiger partial charge in [-0.2, -0.15) is 0 Å². The maximum atomic E-state index is 5.83. The Morgan fingerprint density at radius 3 is 2.08 bits per heavy atom. The van der Waals surface area contributed by atoms with Gasteiger partial charge in [0.25, 0.3) is 0 Å². The molecular formula is C21H44N2O. The highest BCUT2D eigenvalue weighted by Crippen LogP contribution is 2.30. The predicted molar refractivity (Wildman–Crippen MR) is 106 cm³/mol. The second kappa shape index (κ2) is 12.3. The van der Waals surface area contributed by atoms with Gasteiger partial charge in [-0.1, -0.05) is 45.4 Å². The van der Waals surface area contributed by atoms with Crippen LogP contribution in [0.1, 0.15) is 78.6 Å². The minimum atomic E-state index is 0.0194. The Morgan fingerprint density at radius 1 is 0.875 bits per heavy atom. The Kier molecular flexibility index (Phi) is 11.2. The van der Waals surface area contributed by atoms with E-state index in [9.17, 15) is 0 Å². The molecule has 1 aliphatic rings. The summed E-state index contributed by atoms with van der Waals surface area (Å²) >= 11 is 0. The summed E-state index contributed by atoms with van der Waals surface area (Å²) < 4.78 is 5.83. The third-order valence-electron chi connectivity index (χ3n) is 6.04. The minimum Gasteiger partial charge on any atom is -0.379 e. The maximum absolute atomic E-state index is 5.83. The van der Waals surface area contributed by atoms with Gasteiger partial charge in [0.2, 0.25) is 0 Å². The van der Waals surface area contributed by atoms with E-state index in [-0.39, 0.29) is 5.60 Å². The van der Waals surface area contributed by atoms with Crippen LogP contribution in [-0.4, -0.2) is 62.3 Å². The first-order chi connectivity index (χ1) is 11.5. The van der Waals surface area contributed by atoms with Crippen molar-refractivity contribution in [3.63, 3.8) is 0 Å². The Morgan fingerprint density at radius 2 is 1.46 bits per heavy atom. The number of methoxy groups -OCH3 is 1. The van der Waals surface area contributed by atoms with Crippen molar-refractivity contribution in [1.82, 2.24) is 9.80 Å². The van der Waals surface area contributed by atoms with Crippen LogP contribution in [0.3, 0.4) is 0 Å². The summed E-state index contributed by atoms with van der Waals surface area (Å²) in [5, 5.41) is 0. The van der Waals surface area contributed by atoms with E-state index in [4.69, 9.17) is 4.74 Å². The van der Waals surface area contributed by atoms with Crippen molar-refractivity contribution in [3.8, 4) is 0 Å². The van der Waals surface area contributed by atoms with Crippen molar-refractivity contribution in [3.05, 3.63) is 0 Å². The van der Waals surface area contributed by atoms with Crippen LogP contribution in [0.25, 0.3) is 0 Å². The summed E-state index contributed by atoms with van der Waals surface area (Å²) in [5.41, 5.74) is 0.0194. The van der Waals surface area contributed by atoms with E-state index < -0.39 is 0 Å². The fourth-order valence-corrected chi connectivity index (χ4v) is 3.81. The lowest BCUT2D eigenvalue weighted by Crippen LogP contribution is -2.44. The van der Waals surface area contributed by atoms with Crippen LogP contribution in [0.4, 0.5) is 0 Å². The van der Waals surface area contributed by atoms with E-state index in [1.54, 1.807) is 0 Å². The monoisotopic (exact) mass is 340 g/mol. The molecule has 0 amide bonds. The van der Waals surface area contributed by atoms with Gasteiger partial charge in [-0.25, -0.2) is 0 Å². The Hall–Kier alpha value is -0.120. The van der Waals surface area contributed by atoms with Crippen LogP contribution in [0.2, 0.25) is 0 Å². The third kappa shape index (κ3) is 8.82. The topological polar surface area (TPSA) is 15.7 Å². The summed E-state index contributed by atoms with van der Waals surface area (Å²) in [7, 11) is 4.11. The zero-order chi connectivity index (χ0) is 17.8. The van der Waals surface area contributed by atoms with Gasteiger partial charge in [-0.15, -0.1) is 0 Å². The first-order valence-electron chi connectivity index (χ1n) is 10.5. The largest absolute Gasteiger partial charge is 0.379 e. The van der Waals surface area contributed by atoms with Crippen molar-refractivity contribution in [2.75, 3.05) is 46.9 Å². The average Bonchev–Trinajstić information content (AvgIpc) is 2.57. The number of piperazine rings is 1. The number of ether oxygens (including phenoxy) is 1. The number of likely N-dealkylation sites (N-methyl/N-ethyl adjacent to an activating group) is 1. The number of rotatable bonds is 13. The quantitative estimate of drug-likeness (QED) is 0.448. The van der Waals surface area contributed by atoms with E-state index >= 15 is 0 Å². The first-order valence-corrected chi connectivity index (χ1v) is 10.5. The lowest BCUT2D eigenvalue weighted by molar-refractivity contribution is -0.0359. The highest BCUT2D eigenvalue weighted by Gasteiger charge is 2.28. The summed E-state index contributed by atoms with van der Waals surface area (Å²) in [6.45, 7) is 13.1. The van der Waals surface area contributed by atoms with Crippen LogP contribution < -0.4 is 0 Å².